The Labute approximate surface area is 216 Å². The molecule has 200 valence electrons. The van der Waals surface area contributed by atoms with Gasteiger partial charge in [-0.3, -0.25) is 4.79 Å². The van der Waals surface area contributed by atoms with Gasteiger partial charge >= 0.3 is 0 Å². The molecule has 1 atom stereocenters. The van der Waals surface area contributed by atoms with E-state index in [0.29, 0.717) is 12.1 Å². The largest absolute Gasteiger partial charge is 0.508 e. The predicted octanol–water partition coefficient (Wildman–Crippen LogP) is 4.80. The first-order valence-electron chi connectivity index (χ1n) is 13.3. The molecule has 0 aromatic heterocycles. The molecule has 1 unspecified atom stereocenters. The zero-order chi connectivity index (χ0) is 26.2. The van der Waals surface area contributed by atoms with Crippen molar-refractivity contribution in [3.05, 3.63) is 59.2 Å². The molecule has 1 amide bonds. The number of nitrogens with one attached hydrogen (secondary N) is 1. The van der Waals surface area contributed by atoms with Crippen molar-refractivity contribution < 1.29 is 24.9 Å². The number of aryl methyl sites for hydroxylation is 1. The standard InChI is InChI=1S/C29H44N2O5/c1-3-31(4-2)29(35)24-14-12-23(13-15-24)11-7-10-18-36-17-9-6-5-8-16-30-22-28(34)25-19-26(32)21-27(33)20-25/h12-15,19-21,28,30,32-34H,3-11,16-18,22H2,1-2H3. The van der Waals surface area contributed by atoms with Gasteiger partial charge in [0, 0.05) is 44.5 Å². The molecule has 0 spiro atoms. The third-order valence-corrected chi connectivity index (χ3v) is 6.30. The van der Waals surface area contributed by atoms with Crippen molar-refractivity contribution in [1.82, 2.24) is 10.2 Å². The molecule has 0 aliphatic carbocycles. The lowest BCUT2D eigenvalue weighted by molar-refractivity contribution is 0.0773. The fourth-order valence-corrected chi connectivity index (χ4v) is 4.12. The number of benzene rings is 2. The number of ether oxygens (including phenoxy) is 1. The third kappa shape index (κ3) is 11.0. The van der Waals surface area contributed by atoms with Gasteiger partial charge < -0.3 is 30.3 Å². The zero-order valence-corrected chi connectivity index (χ0v) is 21.9. The van der Waals surface area contributed by atoms with Gasteiger partial charge in [0.1, 0.15) is 11.5 Å². The van der Waals surface area contributed by atoms with E-state index in [1.165, 1.54) is 23.8 Å². The van der Waals surface area contributed by atoms with Gasteiger partial charge in [-0.2, -0.15) is 0 Å². The van der Waals surface area contributed by atoms with E-state index in [2.05, 4.69) is 17.4 Å². The van der Waals surface area contributed by atoms with E-state index in [4.69, 9.17) is 4.74 Å². The molecule has 7 nitrogen and oxygen atoms in total. The average Bonchev–Trinajstić information content (AvgIpc) is 2.87. The maximum absolute atomic E-state index is 12.4. The molecule has 2 aromatic rings. The smallest absolute Gasteiger partial charge is 0.253 e. The number of aliphatic hydroxyl groups is 1. The van der Waals surface area contributed by atoms with Gasteiger partial charge in [-0.15, -0.1) is 0 Å². The molecule has 2 rings (SSSR count). The van der Waals surface area contributed by atoms with Gasteiger partial charge in [-0.25, -0.2) is 0 Å². The first-order chi connectivity index (χ1) is 17.4. The summed E-state index contributed by atoms with van der Waals surface area (Å²) in [6, 6.07) is 12.2. The fourth-order valence-electron chi connectivity index (χ4n) is 4.12. The topological polar surface area (TPSA) is 102 Å². The fraction of sp³-hybridized carbons (Fsp3) is 0.552. The average molecular weight is 501 g/mol. The minimum atomic E-state index is -0.766. The first-order valence-corrected chi connectivity index (χ1v) is 13.3. The molecule has 0 heterocycles. The second-order valence-electron chi connectivity index (χ2n) is 9.16. The predicted molar refractivity (Wildman–Crippen MR) is 144 cm³/mol. The molecule has 2 aromatic carbocycles. The zero-order valence-electron chi connectivity index (χ0n) is 21.9. The summed E-state index contributed by atoms with van der Waals surface area (Å²) in [5, 5.41) is 32.4. The number of nitrogens with zero attached hydrogens (tertiary/aromatic N) is 1. The molecule has 0 saturated heterocycles. The Morgan fingerprint density at radius 1 is 0.889 bits per heavy atom. The van der Waals surface area contributed by atoms with Crippen LogP contribution < -0.4 is 5.32 Å². The molecule has 0 aliphatic rings. The van der Waals surface area contributed by atoms with Crippen LogP contribution in [0.3, 0.4) is 0 Å². The highest BCUT2D eigenvalue weighted by Crippen LogP contribution is 2.24. The van der Waals surface area contributed by atoms with Crippen molar-refractivity contribution in [2.75, 3.05) is 39.4 Å². The first kappa shape index (κ1) is 29.6. The highest BCUT2D eigenvalue weighted by Gasteiger charge is 2.12. The lowest BCUT2D eigenvalue weighted by atomic mass is 10.1. The van der Waals surface area contributed by atoms with E-state index < -0.39 is 6.10 Å². The van der Waals surface area contributed by atoms with E-state index in [0.717, 1.165) is 83.4 Å². The molecule has 0 fully saturated rings. The van der Waals surface area contributed by atoms with Crippen molar-refractivity contribution in [3.63, 3.8) is 0 Å². The highest BCUT2D eigenvalue weighted by molar-refractivity contribution is 5.94. The van der Waals surface area contributed by atoms with Gasteiger partial charge in [0.2, 0.25) is 0 Å². The van der Waals surface area contributed by atoms with Crippen molar-refractivity contribution in [1.29, 1.82) is 0 Å². The van der Waals surface area contributed by atoms with E-state index >= 15 is 0 Å². The van der Waals surface area contributed by atoms with Crippen molar-refractivity contribution in [3.8, 4) is 11.5 Å². The van der Waals surface area contributed by atoms with Crippen LogP contribution in [0.5, 0.6) is 11.5 Å². The summed E-state index contributed by atoms with van der Waals surface area (Å²) < 4.78 is 5.76. The van der Waals surface area contributed by atoms with E-state index in [9.17, 15) is 20.1 Å². The molecule has 0 radical (unpaired) electrons. The summed E-state index contributed by atoms with van der Waals surface area (Å²) in [7, 11) is 0. The number of phenols is 2. The summed E-state index contributed by atoms with van der Waals surface area (Å²) in [5.74, 6) is -0.00997. The lowest BCUT2D eigenvalue weighted by Crippen LogP contribution is -2.30. The number of aliphatic hydroxyl groups excluding tert-OH is 1. The van der Waals surface area contributed by atoms with Gasteiger partial charge in [-0.05, 0) is 87.9 Å². The Bertz CT molecular complexity index is 863. The van der Waals surface area contributed by atoms with Crippen LogP contribution in [0.2, 0.25) is 0 Å². The minimum absolute atomic E-state index is 0.0545. The summed E-state index contributed by atoms with van der Waals surface area (Å²) in [6.45, 7) is 8.22. The molecular weight excluding hydrogens is 456 g/mol. The van der Waals surface area contributed by atoms with Crippen LogP contribution in [0, 0.1) is 0 Å². The number of carbonyl (C=O) groups excluding carboxylic acids is 1. The molecular formula is C29H44N2O5. The second kappa shape index (κ2) is 17.0. The van der Waals surface area contributed by atoms with Crippen LogP contribution in [0.1, 0.15) is 80.0 Å². The monoisotopic (exact) mass is 500 g/mol. The summed E-state index contributed by atoms with van der Waals surface area (Å²) >= 11 is 0. The number of aromatic hydroxyl groups is 2. The van der Waals surface area contributed by atoms with Crippen LogP contribution >= 0.6 is 0 Å². The van der Waals surface area contributed by atoms with E-state index in [-0.39, 0.29) is 17.4 Å². The Kier molecular flexibility index (Phi) is 13.9. The lowest BCUT2D eigenvalue weighted by Gasteiger charge is -2.18. The van der Waals surface area contributed by atoms with Crippen LogP contribution in [0.25, 0.3) is 0 Å². The van der Waals surface area contributed by atoms with Crippen LogP contribution in [-0.4, -0.2) is 65.5 Å². The quantitative estimate of drug-likeness (QED) is 0.219. The van der Waals surface area contributed by atoms with Crippen molar-refractivity contribution in [2.24, 2.45) is 0 Å². The molecule has 0 saturated carbocycles. The minimum Gasteiger partial charge on any atom is -0.508 e. The summed E-state index contributed by atoms with van der Waals surface area (Å²) in [4.78, 5) is 14.2. The van der Waals surface area contributed by atoms with Gasteiger partial charge in [0.25, 0.3) is 5.91 Å². The van der Waals surface area contributed by atoms with Crippen molar-refractivity contribution >= 4 is 5.91 Å². The molecule has 0 aliphatic heterocycles. The molecule has 4 N–H and O–H groups in total. The number of hydrogen-bond donors (Lipinski definition) is 4. The van der Waals surface area contributed by atoms with Crippen molar-refractivity contribution in [2.45, 2.75) is 64.9 Å². The summed E-state index contributed by atoms with van der Waals surface area (Å²) in [5.41, 5.74) is 2.51. The highest BCUT2D eigenvalue weighted by atomic mass is 16.5. The van der Waals surface area contributed by atoms with Crippen LogP contribution in [0.4, 0.5) is 0 Å². The number of unbranched alkanes of at least 4 members (excludes halogenated alkanes) is 4. The number of hydrogen-bond acceptors (Lipinski definition) is 6. The Hall–Kier alpha value is -2.61. The Morgan fingerprint density at radius 2 is 1.50 bits per heavy atom. The molecule has 0 bridgehead atoms. The van der Waals surface area contributed by atoms with Crippen LogP contribution in [0.15, 0.2) is 42.5 Å². The van der Waals surface area contributed by atoms with Gasteiger partial charge in [0.05, 0.1) is 6.10 Å². The van der Waals surface area contributed by atoms with E-state index in [1.54, 1.807) is 0 Å². The number of amides is 1. The van der Waals surface area contributed by atoms with Gasteiger partial charge in [0.15, 0.2) is 0 Å². The third-order valence-electron chi connectivity index (χ3n) is 6.30. The SMILES string of the molecule is CCN(CC)C(=O)c1ccc(CCCCOCCCCCCNCC(O)c2cc(O)cc(O)c2)cc1. The maximum Gasteiger partial charge on any atom is 0.253 e. The number of carbonyl (C=O) groups is 1. The number of rotatable bonds is 18. The molecule has 7 heteroatoms. The normalized spacial score (nSPS) is 12.0. The van der Waals surface area contributed by atoms with Crippen LogP contribution in [-0.2, 0) is 11.2 Å². The Morgan fingerprint density at radius 3 is 2.14 bits per heavy atom. The maximum atomic E-state index is 12.4. The van der Waals surface area contributed by atoms with E-state index in [1.807, 2.05) is 30.9 Å². The number of phenolic OH excluding ortho intramolecular Hbond substituents is 2. The van der Waals surface area contributed by atoms with Gasteiger partial charge in [-0.1, -0.05) is 25.0 Å². The molecule has 36 heavy (non-hydrogen) atoms. The Balaban J connectivity index is 1.43. The second-order valence-corrected chi connectivity index (χ2v) is 9.16. The summed E-state index contributed by atoms with van der Waals surface area (Å²) in [6.07, 6.45) is 6.63.